The molecule has 0 aliphatic rings. The SMILES string of the molecule is C=CC(C)OC(=O)OCC#N. The third-order valence-electron chi connectivity index (χ3n) is 0.869. The van der Waals surface area contributed by atoms with Crippen molar-refractivity contribution in [3.8, 4) is 6.07 Å². The summed E-state index contributed by atoms with van der Waals surface area (Å²) in [6, 6.07) is 1.64. The van der Waals surface area contributed by atoms with Crippen molar-refractivity contribution in [3.63, 3.8) is 0 Å². The molecule has 11 heavy (non-hydrogen) atoms. The number of hydrogen-bond acceptors (Lipinski definition) is 4. The number of rotatable bonds is 3. The molecule has 0 N–H and O–H groups in total. The van der Waals surface area contributed by atoms with Gasteiger partial charge in [0.2, 0.25) is 0 Å². The second-order valence-electron chi connectivity index (χ2n) is 1.76. The van der Waals surface area contributed by atoms with Crippen LogP contribution in [0.15, 0.2) is 12.7 Å². The van der Waals surface area contributed by atoms with Gasteiger partial charge in [0.05, 0.1) is 0 Å². The standard InChI is InChI=1S/C7H9NO3/c1-3-6(2)11-7(9)10-5-4-8/h3,6H,1,5H2,2H3. The molecule has 0 heterocycles. The first-order valence-electron chi connectivity index (χ1n) is 3.03. The van der Waals surface area contributed by atoms with Crippen molar-refractivity contribution in [2.24, 2.45) is 0 Å². The topological polar surface area (TPSA) is 59.3 Å². The molecule has 0 saturated heterocycles. The smallest absolute Gasteiger partial charge is 0.427 e. The average molecular weight is 155 g/mol. The Morgan fingerprint density at radius 2 is 2.55 bits per heavy atom. The van der Waals surface area contributed by atoms with E-state index >= 15 is 0 Å². The van der Waals surface area contributed by atoms with Crippen LogP contribution < -0.4 is 0 Å². The Labute approximate surface area is 65.0 Å². The van der Waals surface area contributed by atoms with Crippen LogP contribution in [0, 0.1) is 11.3 Å². The zero-order valence-corrected chi connectivity index (χ0v) is 6.24. The lowest BCUT2D eigenvalue weighted by Gasteiger charge is -2.06. The van der Waals surface area contributed by atoms with E-state index in [-0.39, 0.29) is 12.7 Å². The van der Waals surface area contributed by atoms with E-state index < -0.39 is 6.16 Å². The number of ether oxygens (including phenoxy) is 2. The number of carbonyl (C=O) groups is 1. The maximum absolute atomic E-state index is 10.5. The first-order chi connectivity index (χ1) is 5.20. The van der Waals surface area contributed by atoms with Gasteiger partial charge in [0, 0.05) is 0 Å². The molecule has 0 spiro atoms. The molecule has 0 aromatic carbocycles. The van der Waals surface area contributed by atoms with Crippen LogP contribution in [0.4, 0.5) is 4.79 Å². The van der Waals surface area contributed by atoms with Gasteiger partial charge in [-0.15, -0.1) is 0 Å². The van der Waals surface area contributed by atoms with Gasteiger partial charge in [0.25, 0.3) is 0 Å². The summed E-state index contributed by atoms with van der Waals surface area (Å²) in [5, 5.41) is 8.00. The van der Waals surface area contributed by atoms with Crippen LogP contribution in [0.5, 0.6) is 0 Å². The van der Waals surface area contributed by atoms with E-state index in [1.165, 1.54) is 6.08 Å². The van der Waals surface area contributed by atoms with Crippen LogP contribution in [-0.4, -0.2) is 18.9 Å². The highest BCUT2D eigenvalue weighted by Crippen LogP contribution is 1.93. The largest absolute Gasteiger partial charge is 0.509 e. The Morgan fingerprint density at radius 3 is 3.00 bits per heavy atom. The molecule has 0 aromatic rings. The van der Waals surface area contributed by atoms with Crippen molar-refractivity contribution >= 4 is 6.16 Å². The molecular formula is C7H9NO3. The minimum Gasteiger partial charge on any atom is -0.427 e. The van der Waals surface area contributed by atoms with Crippen LogP contribution >= 0.6 is 0 Å². The molecule has 0 bridgehead atoms. The maximum Gasteiger partial charge on any atom is 0.509 e. The van der Waals surface area contributed by atoms with E-state index in [0.29, 0.717) is 0 Å². The molecule has 0 amide bonds. The van der Waals surface area contributed by atoms with Crippen molar-refractivity contribution < 1.29 is 14.3 Å². The predicted octanol–water partition coefficient (Wildman–Crippen LogP) is 1.24. The summed E-state index contributed by atoms with van der Waals surface area (Å²) in [7, 11) is 0. The van der Waals surface area contributed by atoms with Crippen molar-refractivity contribution in [1.29, 1.82) is 5.26 Å². The molecule has 0 aliphatic heterocycles. The molecule has 0 radical (unpaired) electrons. The van der Waals surface area contributed by atoms with Crippen LogP contribution in [0.1, 0.15) is 6.92 Å². The quantitative estimate of drug-likeness (QED) is 0.454. The van der Waals surface area contributed by atoms with Gasteiger partial charge in [-0.05, 0) is 6.92 Å². The van der Waals surface area contributed by atoms with E-state index in [4.69, 9.17) is 5.26 Å². The normalized spacial score (nSPS) is 10.9. The van der Waals surface area contributed by atoms with E-state index in [2.05, 4.69) is 16.1 Å². The molecule has 0 aliphatic carbocycles. The van der Waals surface area contributed by atoms with Crippen molar-refractivity contribution in [2.75, 3.05) is 6.61 Å². The average Bonchev–Trinajstić information content (AvgIpc) is 2.00. The van der Waals surface area contributed by atoms with Crippen LogP contribution in [0.3, 0.4) is 0 Å². The summed E-state index contributed by atoms with van der Waals surface area (Å²) in [6.45, 7) is 4.75. The molecule has 0 aromatic heterocycles. The summed E-state index contributed by atoms with van der Waals surface area (Å²) in [5.74, 6) is 0. The number of nitrogens with zero attached hydrogens (tertiary/aromatic N) is 1. The van der Waals surface area contributed by atoms with Crippen LogP contribution in [-0.2, 0) is 9.47 Å². The maximum atomic E-state index is 10.5. The highest BCUT2D eigenvalue weighted by atomic mass is 16.7. The lowest BCUT2D eigenvalue weighted by atomic mass is 10.4. The Kier molecular flexibility index (Phi) is 4.58. The van der Waals surface area contributed by atoms with Gasteiger partial charge in [0.15, 0.2) is 6.61 Å². The Balaban J connectivity index is 3.53. The fourth-order valence-electron chi connectivity index (χ4n) is 0.325. The zero-order chi connectivity index (χ0) is 8.69. The summed E-state index contributed by atoms with van der Waals surface area (Å²) in [6.07, 6.45) is 0.216. The first-order valence-corrected chi connectivity index (χ1v) is 3.03. The Bertz CT molecular complexity index is 183. The molecular weight excluding hydrogens is 146 g/mol. The van der Waals surface area contributed by atoms with E-state index in [1.54, 1.807) is 13.0 Å². The molecule has 60 valence electrons. The van der Waals surface area contributed by atoms with E-state index in [1.807, 2.05) is 0 Å². The minimum absolute atomic E-state index is 0.289. The second kappa shape index (κ2) is 5.30. The highest BCUT2D eigenvalue weighted by molar-refractivity contribution is 5.60. The van der Waals surface area contributed by atoms with Gasteiger partial charge in [0.1, 0.15) is 12.2 Å². The van der Waals surface area contributed by atoms with Crippen LogP contribution in [0.25, 0.3) is 0 Å². The molecule has 0 rings (SSSR count). The minimum atomic E-state index is -0.848. The van der Waals surface area contributed by atoms with Gasteiger partial charge < -0.3 is 9.47 Å². The molecule has 0 fully saturated rings. The fourth-order valence-corrected chi connectivity index (χ4v) is 0.325. The second-order valence-corrected chi connectivity index (χ2v) is 1.76. The number of carbonyl (C=O) groups excluding carboxylic acids is 1. The molecule has 4 heteroatoms. The van der Waals surface area contributed by atoms with Gasteiger partial charge >= 0.3 is 6.16 Å². The third kappa shape index (κ3) is 4.97. The van der Waals surface area contributed by atoms with Gasteiger partial charge in [-0.2, -0.15) is 5.26 Å². The Hall–Kier alpha value is -1.50. The van der Waals surface area contributed by atoms with Crippen LogP contribution in [0.2, 0.25) is 0 Å². The summed E-state index contributed by atoms with van der Waals surface area (Å²) in [4.78, 5) is 10.5. The lowest BCUT2D eigenvalue weighted by Crippen LogP contribution is -2.13. The van der Waals surface area contributed by atoms with E-state index in [0.717, 1.165) is 0 Å². The van der Waals surface area contributed by atoms with Crippen molar-refractivity contribution in [3.05, 3.63) is 12.7 Å². The molecule has 0 saturated carbocycles. The first kappa shape index (κ1) is 9.50. The number of nitriles is 1. The fraction of sp³-hybridized carbons (Fsp3) is 0.429. The summed E-state index contributed by atoms with van der Waals surface area (Å²) in [5.41, 5.74) is 0. The highest BCUT2D eigenvalue weighted by Gasteiger charge is 2.05. The third-order valence-corrected chi connectivity index (χ3v) is 0.869. The van der Waals surface area contributed by atoms with Crippen molar-refractivity contribution in [1.82, 2.24) is 0 Å². The molecule has 1 unspecified atom stereocenters. The lowest BCUT2D eigenvalue weighted by molar-refractivity contribution is 0.0502. The van der Waals surface area contributed by atoms with Gasteiger partial charge in [-0.1, -0.05) is 12.7 Å². The Morgan fingerprint density at radius 1 is 1.91 bits per heavy atom. The summed E-state index contributed by atoms with van der Waals surface area (Å²) >= 11 is 0. The monoisotopic (exact) mass is 155 g/mol. The van der Waals surface area contributed by atoms with E-state index in [9.17, 15) is 4.79 Å². The predicted molar refractivity (Wildman–Crippen MR) is 37.7 cm³/mol. The van der Waals surface area contributed by atoms with Crippen molar-refractivity contribution in [2.45, 2.75) is 13.0 Å². The number of hydrogen-bond donors (Lipinski definition) is 0. The molecule has 1 atom stereocenters. The van der Waals surface area contributed by atoms with Gasteiger partial charge in [-0.25, -0.2) is 4.79 Å². The molecule has 4 nitrogen and oxygen atoms in total. The zero-order valence-electron chi connectivity index (χ0n) is 6.24. The van der Waals surface area contributed by atoms with Gasteiger partial charge in [-0.3, -0.25) is 0 Å². The summed E-state index contributed by atoms with van der Waals surface area (Å²) < 4.78 is 8.86.